The standard InChI is InChI=1S/C19H18N4O2S2/c1-12-10-26-18(20-12)22-17(24)8-5-14-11-27-19-21-16(9-23(14)19)13-3-6-15(25-2)7-4-13/h3-4,6-7,9-11H,5,8H2,1-2H3,(H,20,22,24). The SMILES string of the molecule is COc1ccc(-c2cn3c(CCC(=O)Nc4nc(C)cs4)csc3n2)cc1. The van der Waals surface area contributed by atoms with Gasteiger partial charge in [0.25, 0.3) is 0 Å². The number of ether oxygens (including phenoxy) is 1. The van der Waals surface area contributed by atoms with Gasteiger partial charge in [-0.1, -0.05) is 0 Å². The Morgan fingerprint density at radius 3 is 2.70 bits per heavy atom. The number of hydrogen-bond acceptors (Lipinski definition) is 6. The first-order valence-electron chi connectivity index (χ1n) is 8.44. The number of carbonyl (C=O) groups excluding carboxylic acids is 1. The predicted octanol–water partition coefficient (Wildman–Crippen LogP) is 4.41. The number of thiazole rings is 2. The van der Waals surface area contributed by atoms with Gasteiger partial charge in [0, 0.05) is 34.6 Å². The van der Waals surface area contributed by atoms with Gasteiger partial charge >= 0.3 is 0 Å². The molecular formula is C19H18N4O2S2. The molecule has 0 atom stereocenters. The van der Waals surface area contributed by atoms with Gasteiger partial charge in [-0.3, -0.25) is 9.20 Å². The second-order valence-electron chi connectivity index (χ2n) is 6.08. The number of imidazole rings is 1. The molecule has 1 N–H and O–H groups in total. The smallest absolute Gasteiger partial charge is 0.226 e. The minimum atomic E-state index is -0.0285. The molecule has 0 radical (unpaired) electrons. The van der Waals surface area contributed by atoms with Crippen LogP contribution in [0.15, 0.2) is 41.2 Å². The number of fused-ring (bicyclic) bond motifs is 1. The van der Waals surface area contributed by atoms with E-state index in [9.17, 15) is 4.79 Å². The summed E-state index contributed by atoms with van der Waals surface area (Å²) in [7, 11) is 1.65. The first-order chi connectivity index (χ1) is 13.1. The van der Waals surface area contributed by atoms with Gasteiger partial charge in [0.1, 0.15) is 5.75 Å². The summed E-state index contributed by atoms with van der Waals surface area (Å²) in [6.07, 6.45) is 3.07. The second kappa shape index (κ2) is 7.50. The third kappa shape index (κ3) is 3.86. The summed E-state index contributed by atoms with van der Waals surface area (Å²) in [5.74, 6) is 0.793. The fourth-order valence-electron chi connectivity index (χ4n) is 2.74. The van der Waals surface area contributed by atoms with Gasteiger partial charge in [-0.2, -0.15) is 0 Å². The number of aromatic nitrogens is 3. The number of hydrogen-bond donors (Lipinski definition) is 1. The molecular weight excluding hydrogens is 380 g/mol. The van der Waals surface area contributed by atoms with Crippen LogP contribution < -0.4 is 10.1 Å². The van der Waals surface area contributed by atoms with Crippen molar-refractivity contribution in [3.8, 4) is 17.0 Å². The molecule has 27 heavy (non-hydrogen) atoms. The molecule has 0 saturated carbocycles. The molecule has 3 aromatic heterocycles. The average molecular weight is 399 g/mol. The zero-order chi connectivity index (χ0) is 18.8. The van der Waals surface area contributed by atoms with Gasteiger partial charge in [-0.05, 0) is 37.6 Å². The molecule has 0 aliphatic heterocycles. The van der Waals surface area contributed by atoms with E-state index in [2.05, 4.69) is 25.1 Å². The van der Waals surface area contributed by atoms with E-state index >= 15 is 0 Å². The van der Waals surface area contributed by atoms with Crippen LogP contribution in [0, 0.1) is 6.92 Å². The first-order valence-corrected chi connectivity index (χ1v) is 10.2. The molecule has 0 unspecified atom stereocenters. The van der Waals surface area contributed by atoms with Crippen LogP contribution in [0.2, 0.25) is 0 Å². The number of carbonyl (C=O) groups is 1. The summed E-state index contributed by atoms with van der Waals surface area (Å²) >= 11 is 3.02. The van der Waals surface area contributed by atoms with Crippen LogP contribution in [0.1, 0.15) is 17.8 Å². The van der Waals surface area contributed by atoms with Crippen molar-refractivity contribution >= 4 is 38.7 Å². The van der Waals surface area contributed by atoms with Gasteiger partial charge < -0.3 is 10.1 Å². The molecule has 8 heteroatoms. The van der Waals surface area contributed by atoms with Crippen molar-refractivity contribution in [3.05, 3.63) is 52.6 Å². The lowest BCUT2D eigenvalue weighted by molar-refractivity contribution is -0.116. The Balaban J connectivity index is 1.46. The lowest BCUT2D eigenvalue weighted by Gasteiger charge is -2.02. The molecule has 3 heterocycles. The molecule has 138 valence electrons. The Morgan fingerprint density at radius 2 is 2.00 bits per heavy atom. The van der Waals surface area contributed by atoms with E-state index in [0.717, 1.165) is 33.4 Å². The van der Waals surface area contributed by atoms with Gasteiger partial charge in [0.05, 0.1) is 18.5 Å². The number of aryl methyl sites for hydroxylation is 2. The van der Waals surface area contributed by atoms with E-state index in [1.807, 2.05) is 42.8 Å². The summed E-state index contributed by atoms with van der Waals surface area (Å²) in [6, 6.07) is 7.84. The van der Waals surface area contributed by atoms with Crippen molar-refractivity contribution in [2.24, 2.45) is 0 Å². The summed E-state index contributed by atoms with van der Waals surface area (Å²) in [4.78, 5) is 22.0. The third-order valence-corrected chi connectivity index (χ3v) is 5.91. The zero-order valence-corrected chi connectivity index (χ0v) is 16.6. The molecule has 0 fully saturated rings. The van der Waals surface area contributed by atoms with Crippen molar-refractivity contribution in [3.63, 3.8) is 0 Å². The topological polar surface area (TPSA) is 68.5 Å². The largest absolute Gasteiger partial charge is 0.497 e. The zero-order valence-electron chi connectivity index (χ0n) is 14.9. The fraction of sp³-hybridized carbons (Fsp3) is 0.211. The summed E-state index contributed by atoms with van der Waals surface area (Å²) in [5.41, 5.74) is 3.94. The van der Waals surface area contributed by atoms with Crippen molar-refractivity contribution in [2.45, 2.75) is 19.8 Å². The third-order valence-electron chi connectivity index (χ3n) is 4.14. The molecule has 0 saturated heterocycles. The van der Waals surface area contributed by atoms with E-state index in [4.69, 9.17) is 4.74 Å². The number of nitrogens with zero attached hydrogens (tertiary/aromatic N) is 3. The lowest BCUT2D eigenvalue weighted by Crippen LogP contribution is -2.12. The number of rotatable bonds is 6. The number of methoxy groups -OCH3 is 1. The highest BCUT2D eigenvalue weighted by molar-refractivity contribution is 7.15. The summed E-state index contributed by atoms with van der Waals surface area (Å²) in [5, 5.41) is 7.48. The lowest BCUT2D eigenvalue weighted by atomic mass is 10.1. The maximum Gasteiger partial charge on any atom is 0.226 e. The molecule has 1 amide bonds. The Kier molecular flexibility index (Phi) is 4.91. The van der Waals surface area contributed by atoms with E-state index < -0.39 is 0 Å². The molecule has 0 aliphatic rings. The summed E-state index contributed by atoms with van der Waals surface area (Å²) in [6.45, 7) is 1.91. The Morgan fingerprint density at radius 1 is 1.19 bits per heavy atom. The van der Waals surface area contributed by atoms with Crippen molar-refractivity contribution in [2.75, 3.05) is 12.4 Å². The van der Waals surface area contributed by atoms with Crippen molar-refractivity contribution < 1.29 is 9.53 Å². The van der Waals surface area contributed by atoms with E-state index in [0.29, 0.717) is 18.0 Å². The molecule has 0 aliphatic carbocycles. The van der Waals surface area contributed by atoms with Gasteiger partial charge in [-0.25, -0.2) is 9.97 Å². The van der Waals surface area contributed by atoms with Crippen LogP contribution in [0.4, 0.5) is 5.13 Å². The first kappa shape index (κ1) is 17.7. The predicted molar refractivity (Wildman–Crippen MR) is 109 cm³/mol. The fourth-order valence-corrected chi connectivity index (χ4v) is 4.36. The highest BCUT2D eigenvalue weighted by atomic mass is 32.1. The maximum atomic E-state index is 12.2. The van der Waals surface area contributed by atoms with Gasteiger partial charge in [0.2, 0.25) is 5.91 Å². The molecule has 0 bridgehead atoms. The van der Waals surface area contributed by atoms with Crippen LogP contribution in [0.5, 0.6) is 5.75 Å². The maximum absolute atomic E-state index is 12.2. The van der Waals surface area contributed by atoms with Gasteiger partial charge in [-0.15, -0.1) is 22.7 Å². The van der Waals surface area contributed by atoms with E-state index in [1.54, 1.807) is 18.4 Å². The van der Waals surface area contributed by atoms with Crippen LogP contribution >= 0.6 is 22.7 Å². The monoisotopic (exact) mass is 398 g/mol. The minimum Gasteiger partial charge on any atom is -0.497 e. The van der Waals surface area contributed by atoms with Crippen molar-refractivity contribution in [1.29, 1.82) is 0 Å². The average Bonchev–Trinajstić information content (AvgIpc) is 3.36. The van der Waals surface area contributed by atoms with Crippen LogP contribution in [0.25, 0.3) is 16.2 Å². The van der Waals surface area contributed by atoms with E-state index in [1.165, 1.54) is 11.3 Å². The van der Waals surface area contributed by atoms with Crippen molar-refractivity contribution in [1.82, 2.24) is 14.4 Å². The minimum absolute atomic E-state index is 0.0285. The molecule has 6 nitrogen and oxygen atoms in total. The molecule has 4 rings (SSSR count). The quantitative estimate of drug-likeness (QED) is 0.522. The number of amides is 1. The molecule has 1 aromatic carbocycles. The van der Waals surface area contributed by atoms with Crippen LogP contribution in [-0.4, -0.2) is 27.4 Å². The van der Waals surface area contributed by atoms with Crippen LogP contribution in [0.3, 0.4) is 0 Å². The summed E-state index contributed by atoms with van der Waals surface area (Å²) < 4.78 is 7.26. The molecule has 4 aromatic rings. The number of nitrogens with one attached hydrogen (secondary N) is 1. The number of anilines is 1. The normalized spacial score (nSPS) is 11.0. The Bertz CT molecular complexity index is 1080. The van der Waals surface area contributed by atoms with Gasteiger partial charge in [0.15, 0.2) is 10.1 Å². The van der Waals surface area contributed by atoms with E-state index in [-0.39, 0.29) is 5.91 Å². The Labute approximate surface area is 164 Å². The highest BCUT2D eigenvalue weighted by Gasteiger charge is 2.12. The molecule has 0 spiro atoms. The Hall–Kier alpha value is -2.71. The number of benzene rings is 1. The highest BCUT2D eigenvalue weighted by Crippen LogP contribution is 2.26. The van der Waals surface area contributed by atoms with Crippen LogP contribution in [-0.2, 0) is 11.2 Å². The second-order valence-corrected chi connectivity index (χ2v) is 7.77.